The molecule has 1 aromatic carbocycles. The smallest absolute Gasteiger partial charge is 0.326 e. The number of ketones is 1. The van der Waals surface area contributed by atoms with Crippen LogP contribution in [0.1, 0.15) is 50.5 Å². The molecule has 204 valence electrons. The molecule has 3 aromatic rings. The Morgan fingerprint density at radius 2 is 1.90 bits per heavy atom. The number of thiazole rings is 1. The fourth-order valence-electron chi connectivity index (χ4n) is 4.05. The lowest BCUT2D eigenvalue weighted by Gasteiger charge is -2.21. The van der Waals surface area contributed by atoms with E-state index in [0.717, 1.165) is 43.5 Å². The van der Waals surface area contributed by atoms with Gasteiger partial charge in [0.1, 0.15) is 0 Å². The molecule has 39 heavy (non-hydrogen) atoms. The monoisotopic (exact) mass is 555 g/mol. The molecule has 2 aromatic heterocycles. The molecule has 1 N–H and O–H groups in total. The van der Waals surface area contributed by atoms with Crippen molar-refractivity contribution in [1.29, 1.82) is 0 Å². The Hall–Kier alpha value is -3.75. The summed E-state index contributed by atoms with van der Waals surface area (Å²) >= 11 is 1.24. The minimum Gasteiger partial charge on any atom is -0.326 e. The van der Waals surface area contributed by atoms with Crippen LogP contribution in [0.3, 0.4) is 0 Å². The van der Waals surface area contributed by atoms with Crippen molar-refractivity contribution in [1.82, 2.24) is 19.8 Å². The molecule has 3 heterocycles. The molecular formula is C28H28F3N5O2S. The van der Waals surface area contributed by atoms with Gasteiger partial charge in [-0.25, -0.2) is 9.78 Å². The summed E-state index contributed by atoms with van der Waals surface area (Å²) in [5, 5.41) is 3.23. The minimum atomic E-state index is -4.50. The number of hydrogen-bond donors (Lipinski definition) is 1. The molecule has 2 amide bonds. The Labute approximate surface area is 229 Å². The van der Waals surface area contributed by atoms with Crippen molar-refractivity contribution in [2.24, 2.45) is 0 Å². The summed E-state index contributed by atoms with van der Waals surface area (Å²) in [5.41, 5.74) is 0.985. The molecule has 1 saturated heterocycles. The molecule has 0 unspecified atom stereocenters. The van der Waals surface area contributed by atoms with Crippen LogP contribution in [-0.2, 0) is 12.6 Å². The standard InChI is InChI=1S/C28H28F3N5O2S/c1-19-5-6-21(25(37)17-23-16-22(9-10-32-23)28(29,30)31)15-20(19)7-8-24-18-33-26(39-24)34-27(38)35(2)13-14-36-11-3-4-12-36/h5-6,9-10,15-16,18H,3-4,11-14,17H2,1-2H3,(H,33,34,38). The Balaban J connectivity index is 1.38. The number of alkyl halides is 3. The van der Waals surface area contributed by atoms with E-state index in [0.29, 0.717) is 27.7 Å². The number of carbonyl (C=O) groups excluding carboxylic acids is 2. The van der Waals surface area contributed by atoms with Crippen molar-refractivity contribution < 1.29 is 22.8 Å². The number of Topliss-reactive ketones (excluding diaryl/α,β-unsaturated/α-hetero) is 1. The summed E-state index contributed by atoms with van der Waals surface area (Å²) in [5.74, 6) is 5.69. The number of nitrogens with zero attached hydrogens (tertiary/aromatic N) is 4. The first-order chi connectivity index (χ1) is 18.6. The topological polar surface area (TPSA) is 78.4 Å². The Bertz CT molecular complexity index is 1400. The van der Waals surface area contributed by atoms with Crippen LogP contribution in [0.15, 0.2) is 42.7 Å². The SMILES string of the molecule is Cc1ccc(C(=O)Cc2cc(C(F)(F)F)ccn2)cc1C#Cc1cnc(NC(=O)N(C)CCN2CCCC2)s1. The van der Waals surface area contributed by atoms with E-state index < -0.39 is 11.7 Å². The van der Waals surface area contributed by atoms with Gasteiger partial charge in [-0.1, -0.05) is 29.4 Å². The third kappa shape index (κ3) is 7.88. The molecule has 1 fully saturated rings. The van der Waals surface area contributed by atoms with Crippen molar-refractivity contribution in [2.75, 3.05) is 38.5 Å². The van der Waals surface area contributed by atoms with Crippen molar-refractivity contribution in [3.63, 3.8) is 0 Å². The molecule has 0 spiro atoms. The Morgan fingerprint density at radius 1 is 1.13 bits per heavy atom. The lowest BCUT2D eigenvalue weighted by atomic mass is 10.00. The summed E-state index contributed by atoms with van der Waals surface area (Å²) in [6.45, 7) is 5.47. The normalized spacial score (nSPS) is 13.6. The van der Waals surface area contributed by atoms with E-state index in [1.54, 1.807) is 36.3 Å². The highest BCUT2D eigenvalue weighted by atomic mass is 32.1. The highest BCUT2D eigenvalue weighted by Gasteiger charge is 2.30. The molecule has 0 radical (unpaired) electrons. The van der Waals surface area contributed by atoms with Crippen LogP contribution in [0.4, 0.5) is 23.1 Å². The number of halogens is 3. The Morgan fingerprint density at radius 3 is 2.64 bits per heavy atom. The molecule has 7 nitrogen and oxygen atoms in total. The number of likely N-dealkylation sites (tertiary alicyclic amines) is 1. The predicted molar refractivity (Wildman–Crippen MR) is 144 cm³/mol. The molecule has 1 aliphatic rings. The van der Waals surface area contributed by atoms with Gasteiger partial charge in [0.05, 0.1) is 23.1 Å². The second-order valence-corrected chi connectivity index (χ2v) is 10.4. The van der Waals surface area contributed by atoms with Crippen LogP contribution in [-0.4, -0.2) is 64.8 Å². The largest absolute Gasteiger partial charge is 0.416 e. The lowest BCUT2D eigenvalue weighted by molar-refractivity contribution is -0.137. The number of amides is 2. The van der Waals surface area contributed by atoms with Crippen molar-refractivity contribution >= 4 is 28.3 Å². The van der Waals surface area contributed by atoms with E-state index in [-0.39, 0.29) is 23.9 Å². The van der Waals surface area contributed by atoms with Crippen molar-refractivity contribution in [2.45, 2.75) is 32.4 Å². The number of rotatable bonds is 7. The van der Waals surface area contributed by atoms with Gasteiger partial charge in [-0.3, -0.25) is 15.1 Å². The first kappa shape index (κ1) is 28.3. The van der Waals surface area contributed by atoms with Gasteiger partial charge in [-0.05, 0) is 62.5 Å². The fourth-order valence-corrected chi connectivity index (χ4v) is 4.71. The van der Waals surface area contributed by atoms with Crippen LogP contribution in [0.2, 0.25) is 0 Å². The van der Waals surface area contributed by atoms with Gasteiger partial charge in [0.2, 0.25) is 0 Å². The zero-order chi connectivity index (χ0) is 28.0. The zero-order valence-electron chi connectivity index (χ0n) is 21.6. The number of aryl methyl sites for hydroxylation is 1. The molecular weight excluding hydrogens is 527 g/mol. The summed E-state index contributed by atoms with van der Waals surface area (Å²) in [6, 6.07) is 6.51. The number of aromatic nitrogens is 2. The maximum atomic E-state index is 13.0. The highest BCUT2D eigenvalue weighted by molar-refractivity contribution is 7.16. The van der Waals surface area contributed by atoms with Gasteiger partial charge >= 0.3 is 12.2 Å². The van der Waals surface area contributed by atoms with Crippen LogP contribution < -0.4 is 5.32 Å². The number of carbonyl (C=O) groups is 2. The third-order valence-corrected chi connectivity index (χ3v) is 7.21. The second kappa shape index (κ2) is 12.4. The summed E-state index contributed by atoms with van der Waals surface area (Å²) in [4.78, 5) is 38.0. The van der Waals surface area contributed by atoms with E-state index in [2.05, 4.69) is 32.0 Å². The number of urea groups is 1. The van der Waals surface area contributed by atoms with Crippen LogP contribution in [0.25, 0.3) is 0 Å². The Kier molecular flexibility index (Phi) is 8.99. The van der Waals surface area contributed by atoms with Crippen molar-refractivity contribution in [3.8, 4) is 11.8 Å². The summed E-state index contributed by atoms with van der Waals surface area (Å²) in [6.07, 6.45) is 0.268. The summed E-state index contributed by atoms with van der Waals surface area (Å²) < 4.78 is 38.9. The minimum absolute atomic E-state index is 0.0453. The number of nitrogens with one attached hydrogen (secondary N) is 1. The molecule has 4 rings (SSSR count). The van der Waals surface area contributed by atoms with Crippen molar-refractivity contribution in [3.05, 3.63) is 75.6 Å². The van der Waals surface area contributed by atoms with Gasteiger partial charge in [-0.15, -0.1) is 0 Å². The van der Waals surface area contributed by atoms with Gasteiger partial charge in [0.25, 0.3) is 0 Å². The quantitative estimate of drug-likeness (QED) is 0.318. The number of pyridine rings is 1. The molecule has 1 aliphatic heterocycles. The number of anilines is 1. The van der Waals surface area contributed by atoms with Gasteiger partial charge < -0.3 is 9.80 Å². The van der Waals surface area contributed by atoms with E-state index >= 15 is 0 Å². The average molecular weight is 556 g/mol. The van der Waals surface area contributed by atoms with Crippen LogP contribution in [0.5, 0.6) is 0 Å². The lowest BCUT2D eigenvalue weighted by Crippen LogP contribution is -2.37. The number of hydrogen-bond acceptors (Lipinski definition) is 6. The van der Waals surface area contributed by atoms with E-state index in [4.69, 9.17) is 0 Å². The zero-order valence-corrected chi connectivity index (χ0v) is 22.5. The molecule has 0 saturated carbocycles. The maximum absolute atomic E-state index is 13.0. The number of benzene rings is 1. The predicted octanol–water partition coefficient (Wildman–Crippen LogP) is 5.25. The van der Waals surface area contributed by atoms with Crippen LogP contribution >= 0.6 is 11.3 Å². The number of likely N-dealkylation sites (N-methyl/N-ethyl adjacent to an activating group) is 1. The average Bonchev–Trinajstić information content (AvgIpc) is 3.58. The molecule has 0 atom stereocenters. The third-order valence-electron chi connectivity index (χ3n) is 6.38. The van der Waals surface area contributed by atoms with Gasteiger partial charge in [0.15, 0.2) is 10.9 Å². The molecule has 0 bridgehead atoms. The second-order valence-electron chi connectivity index (χ2n) is 9.34. The molecule has 11 heteroatoms. The maximum Gasteiger partial charge on any atom is 0.416 e. The van der Waals surface area contributed by atoms with E-state index in [9.17, 15) is 22.8 Å². The summed E-state index contributed by atoms with van der Waals surface area (Å²) in [7, 11) is 1.75. The van der Waals surface area contributed by atoms with E-state index in [1.807, 2.05) is 6.92 Å². The first-order valence-corrected chi connectivity index (χ1v) is 13.3. The van der Waals surface area contributed by atoms with Crippen LogP contribution in [0, 0.1) is 18.8 Å². The fraction of sp³-hybridized carbons (Fsp3) is 0.357. The van der Waals surface area contributed by atoms with E-state index in [1.165, 1.54) is 24.2 Å². The van der Waals surface area contributed by atoms with Gasteiger partial charge in [0, 0.05) is 43.2 Å². The molecule has 0 aliphatic carbocycles. The van der Waals surface area contributed by atoms with Gasteiger partial charge in [-0.2, -0.15) is 13.2 Å². The first-order valence-electron chi connectivity index (χ1n) is 12.5. The highest BCUT2D eigenvalue weighted by Crippen LogP contribution is 2.29.